The Labute approximate surface area is 115 Å². The van der Waals surface area contributed by atoms with E-state index in [-0.39, 0.29) is 18.9 Å². The first kappa shape index (κ1) is 14.8. The second kappa shape index (κ2) is 7.22. The van der Waals surface area contributed by atoms with Crippen molar-refractivity contribution in [1.82, 2.24) is 10.2 Å². The molecular weight excluding hydrogens is 244 g/mol. The molecule has 19 heavy (non-hydrogen) atoms. The van der Waals surface area contributed by atoms with Gasteiger partial charge in [0.2, 0.25) is 0 Å². The molecule has 5 nitrogen and oxygen atoms in total. The molecule has 2 fully saturated rings. The van der Waals surface area contributed by atoms with E-state index in [9.17, 15) is 4.79 Å². The zero-order valence-electron chi connectivity index (χ0n) is 11.6. The minimum Gasteiger partial charge on any atom is -0.481 e. The van der Waals surface area contributed by atoms with Crippen LogP contribution in [0.4, 0.5) is 0 Å². The summed E-state index contributed by atoms with van der Waals surface area (Å²) in [5, 5.41) is 21.7. The smallest absolute Gasteiger partial charge is 0.303 e. The Bertz CT molecular complexity index is 292. The van der Waals surface area contributed by atoms with Crippen molar-refractivity contribution >= 4 is 5.97 Å². The maximum Gasteiger partial charge on any atom is 0.303 e. The summed E-state index contributed by atoms with van der Waals surface area (Å²) in [5.41, 5.74) is 0. The van der Waals surface area contributed by atoms with E-state index < -0.39 is 5.97 Å². The molecular formula is C14H26N2O3. The zero-order chi connectivity index (χ0) is 13.7. The number of hydrogen-bond donors (Lipinski definition) is 3. The van der Waals surface area contributed by atoms with Crippen LogP contribution in [0.3, 0.4) is 0 Å². The monoisotopic (exact) mass is 270 g/mol. The normalized spacial score (nSPS) is 29.7. The lowest BCUT2D eigenvalue weighted by molar-refractivity contribution is -0.138. The molecule has 0 bridgehead atoms. The van der Waals surface area contributed by atoms with Crippen LogP contribution in [-0.2, 0) is 4.79 Å². The molecule has 1 aliphatic carbocycles. The Morgan fingerprint density at radius 3 is 2.58 bits per heavy atom. The quantitative estimate of drug-likeness (QED) is 0.662. The third-order valence-corrected chi connectivity index (χ3v) is 4.32. The van der Waals surface area contributed by atoms with Gasteiger partial charge in [0.1, 0.15) is 0 Å². The summed E-state index contributed by atoms with van der Waals surface area (Å²) < 4.78 is 0. The van der Waals surface area contributed by atoms with Crippen molar-refractivity contribution in [3.05, 3.63) is 0 Å². The van der Waals surface area contributed by atoms with Gasteiger partial charge in [-0.15, -0.1) is 0 Å². The molecule has 0 aromatic heterocycles. The van der Waals surface area contributed by atoms with Crippen LogP contribution >= 0.6 is 0 Å². The molecule has 0 aromatic rings. The molecule has 110 valence electrons. The van der Waals surface area contributed by atoms with Gasteiger partial charge in [-0.2, -0.15) is 0 Å². The highest BCUT2D eigenvalue weighted by atomic mass is 16.4. The standard InChI is InChI=1S/C14H26N2O3/c17-6-5-16-9-11(8-14(18)19)7-13(10-16)15-12-3-1-2-4-12/h11-13,15,17H,1-10H2,(H,18,19). The summed E-state index contributed by atoms with van der Waals surface area (Å²) in [6.45, 7) is 2.54. The van der Waals surface area contributed by atoms with E-state index >= 15 is 0 Å². The molecule has 0 spiro atoms. The van der Waals surface area contributed by atoms with Gasteiger partial charge in [0.15, 0.2) is 0 Å². The molecule has 1 aliphatic heterocycles. The van der Waals surface area contributed by atoms with Crippen molar-refractivity contribution in [2.45, 2.75) is 50.6 Å². The first-order chi connectivity index (χ1) is 9.17. The minimum absolute atomic E-state index is 0.149. The fourth-order valence-electron chi connectivity index (χ4n) is 3.57. The first-order valence-corrected chi connectivity index (χ1v) is 7.48. The molecule has 2 atom stereocenters. The average molecular weight is 270 g/mol. The van der Waals surface area contributed by atoms with Crippen molar-refractivity contribution < 1.29 is 15.0 Å². The van der Waals surface area contributed by atoms with Crippen LogP contribution in [0.2, 0.25) is 0 Å². The molecule has 1 heterocycles. The van der Waals surface area contributed by atoms with Gasteiger partial charge in [-0.05, 0) is 25.2 Å². The van der Waals surface area contributed by atoms with Crippen LogP contribution < -0.4 is 5.32 Å². The Balaban J connectivity index is 1.87. The molecule has 1 saturated heterocycles. The van der Waals surface area contributed by atoms with E-state index in [0.29, 0.717) is 18.6 Å². The predicted molar refractivity (Wildman–Crippen MR) is 73.1 cm³/mol. The van der Waals surface area contributed by atoms with Crippen LogP contribution in [0, 0.1) is 5.92 Å². The third-order valence-electron chi connectivity index (χ3n) is 4.32. The number of β-amino-alcohol motifs (C(OH)–C–C–N with tert-alkyl or cyclic N) is 1. The fraction of sp³-hybridized carbons (Fsp3) is 0.929. The fourth-order valence-corrected chi connectivity index (χ4v) is 3.57. The Morgan fingerprint density at radius 1 is 1.21 bits per heavy atom. The number of nitrogens with zero attached hydrogens (tertiary/aromatic N) is 1. The lowest BCUT2D eigenvalue weighted by Gasteiger charge is -2.38. The van der Waals surface area contributed by atoms with Crippen molar-refractivity contribution in [3.8, 4) is 0 Å². The average Bonchev–Trinajstić information content (AvgIpc) is 2.81. The number of aliphatic carboxylic acids is 1. The van der Waals surface area contributed by atoms with Gasteiger partial charge < -0.3 is 15.5 Å². The highest BCUT2D eigenvalue weighted by molar-refractivity contribution is 5.67. The summed E-state index contributed by atoms with van der Waals surface area (Å²) in [6, 6.07) is 0.998. The topological polar surface area (TPSA) is 72.8 Å². The largest absolute Gasteiger partial charge is 0.481 e. The lowest BCUT2D eigenvalue weighted by atomic mass is 9.91. The number of aliphatic hydroxyl groups is 1. The first-order valence-electron chi connectivity index (χ1n) is 7.48. The van der Waals surface area contributed by atoms with E-state index in [1.54, 1.807) is 0 Å². The summed E-state index contributed by atoms with van der Waals surface area (Å²) in [5.74, 6) is -0.507. The van der Waals surface area contributed by atoms with Gasteiger partial charge in [0.05, 0.1) is 6.61 Å². The van der Waals surface area contributed by atoms with Crippen LogP contribution in [0.5, 0.6) is 0 Å². The molecule has 0 amide bonds. The van der Waals surface area contributed by atoms with E-state index in [4.69, 9.17) is 10.2 Å². The Morgan fingerprint density at radius 2 is 1.95 bits per heavy atom. The maximum absolute atomic E-state index is 10.9. The molecule has 0 radical (unpaired) electrons. The van der Waals surface area contributed by atoms with E-state index in [0.717, 1.165) is 19.5 Å². The number of aliphatic hydroxyl groups excluding tert-OH is 1. The molecule has 0 aromatic carbocycles. The highest BCUT2D eigenvalue weighted by Crippen LogP contribution is 2.23. The maximum atomic E-state index is 10.9. The summed E-state index contributed by atoms with van der Waals surface area (Å²) in [6.07, 6.45) is 6.31. The molecule has 2 unspecified atom stereocenters. The predicted octanol–water partition coefficient (Wildman–Crippen LogP) is 0.676. The third kappa shape index (κ3) is 4.75. The number of likely N-dealkylation sites (tertiary alicyclic amines) is 1. The molecule has 2 rings (SSSR count). The second-order valence-electron chi connectivity index (χ2n) is 6.03. The van der Waals surface area contributed by atoms with E-state index in [1.807, 2.05) is 0 Å². The molecule has 2 aliphatic rings. The van der Waals surface area contributed by atoms with Crippen molar-refractivity contribution in [1.29, 1.82) is 0 Å². The minimum atomic E-state index is -0.713. The summed E-state index contributed by atoms with van der Waals surface area (Å²) in [4.78, 5) is 13.1. The van der Waals surface area contributed by atoms with Gasteiger partial charge in [-0.25, -0.2) is 0 Å². The van der Waals surface area contributed by atoms with E-state index in [2.05, 4.69) is 10.2 Å². The molecule has 3 N–H and O–H groups in total. The number of carboxylic acids is 1. The molecule has 1 saturated carbocycles. The van der Waals surface area contributed by atoms with Crippen LogP contribution in [0.1, 0.15) is 38.5 Å². The summed E-state index contributed by atoms with van der Waals surface area (Å²) in [7, 11) is 0. The number of piperidine rings is 1. The number of nitrogens with one attached hydrogen (secondary N) is 1. The number of carboxylic acid groups (broad SMARTS) is 1. The molecule has 5 heteroatoms. The number of hydrogen-bond acceptors (Lipinski definition) is 4. The van der Waals surface area contributed by atoms with Gasteiger partial charge in [-0.3, -0.25) is 9.69 Å². The highest BCUT2D eigenvalue weighted by Gasteiger charge is 2.30. The van der Waals surface area contributed by atoms with Crippen molar-refractivity contribution in [2.75, 3.05) is 26.2 Å². The van der Waals surface area contributed by atoms with Crippen molar-refractivity contribution in [3.63, 3.8) is 0 Å². The lowest BCUT2D eigenvalue weighted by Crippen LogP contribution is -2.52. The zero-order valence-corrected chi connectivity index (χ0v) is 11.6. The second-order valence-corrected chi connectivity index (χ2v) is 6.03. The Kier molecular flexibility index (Phi) is 5.60. The van der Waals surface area contributed by atoms with Gasteiger partial charge >= 0.3 is 5.97 Å². The van der Waals surface area contributed by atoms with Crippen LogP contribution in [-0.4, -0.2) is 59.4 Å². The SMILES string of the molecule is O=C(O)CC1CC(NC2CCCC2)CN(CCO)C1. The van der Waals surface area contributed by atoms with E-state index in [1.165, 1.54) is 25.7 Å². The Hall–Kier alpha value is -0.650. The summed E-state index contributed by atoms with van der Waals surface area (Å²) >= 11 is 0. The van der Waals surface area contributed by atoms with Gasteiger partial charge in [0.25, 0.3) is 0 Å². The van der Waals surface area contributed by atoms with Crippen molar-refractivity contribution in [2.24, 2.45) is 5.92 Å². The van der Waals surface area contributed by atoms with Crippen LogP contribution in [0.15, 0.2) is 0 Å². The van der Waals surface area contributed by atoms with Gasteiger partial charge in [0, 0.05) is 38.1 Å². The van der Waals surface area contributed by atoms with Crippen LogP contribution in [0.25, 0.3) is 0 Å². The number of rotatable bonds is 6. The van der Waals surface area contributed by atoms with Gasteiger partial charge in [-0.1, -0.05) is 12.8 Å². The number of carbonyl (C=O) groups is 1.